The summed E-state index contributed by atoms with van der Waals surface area (Å²) in [5.74, 6) is 0.634. The fourth-order valence-electron chi connectivity index (χ4n) is 1.51. The maximum absolute atomic E-state index is 5.83. The Morgan fingerprint density at radius 2 is 2.06 bits per heavy atom. The molecule has 3 nitrogen and oxygen atoms in total. The predicted molar refractivity (Wildman–Crippen MR) is 68.9 cm³/mol. The van der Waals surface area contributed by atoms with Crippen LogP contribution in [0.15, 0.2) is 34.9 Å². The number of benzene rings is 1. The highest BCUT2D eigenvalue weighted by atomic mass is 35.5. The molecule has 1 aromatic carbocycles. The number of nitrogens with one attached hydrogen (secondary N) is 1. The van der Waals surface area contributed by atoms with Gasteiger partial charge in [-0.05, 0) is 37.2 Å². The third-order valence-electron chi connectivity index (χ3n) is 2.38. The summed E-state index contributed by atoms with van der Waals surface area (Å²) in [5, 5.41) is 3.99. The van der Waals surface area contributed by atoms with Gasteiger partial charge < -0.3 is 9.73 Å². The number of hydrogen-bond donors (Lipinski definition) is 1. The van der Waals surface area contributed by atoms with E-state index in [1.165, 1.54) is 0 Å². The highest BCUT2D eigenvalue weighted by Crippen LogP contribution is 2.20. The first-order valence-corrected chi connectivity index (χ1v) is 6.08. The van der Waals surface area contributed by atoms with Crippen LogP contribution in [0, 0.1) is 0 Å². The molecule has 0 saturated heterocycles. The molecule has 2 rings (SSSR count). The zero-order valence-corrected chi connectivity index (χ0v) is 10.5. The molecule has 1 N–H and O–H groups in total. The Kier molecular flexibility index (Phi) is 4.18. The van der Waals surface area contributed by atoms with Crippen LogP contribution in [0.5, 0.6) is 0 Å². The van der Waals surface area contributed by atoms with Crippen LogP contribution in [0.2, 0.25) is 5.02 Å². The average Bonchev–Trinajstić information content (AvgIpc) is 2.79. The van der Waals surface area contributed by atoms with Crippen LogP contribution in [0.25, 0.3) is 11.5 Å². The standard InChI is InChI=1S/C13H15ClN2O/c1-2-7-15-8-12-9-17-13(16-12)10-3-5-11(14)6-4-10/h3-6,9,15H,2,7-8H2,1H3. The second kappa shape index (κ2) is 5.84. The molecule has 0 spiro atoms. The Labute approximate surface area is 106 Å². The van der Waals surface area contributed by atoms with Gasteiger partial charge in [0.15, 0.2) is 0 Å². The molecule has 0 radical (unpaired) electrons. The summed E-state index contributed by atoms with van der Waals surface area (Å²) in [7, 11) is 0. The summed E-state index contributed by atoms with van der Waals surface area (Å²) in [4.78, 5) is 4.41. The van der Waals surface area contributed by atoms with Gasteiger partial charge >= 0.3 is 0 Å². The first-order valence-electron chi connectivity index (χ1n) is 5.70. The van der Waals surface area contributed by atoms with E-state index in [1.54, 1.807) is 6.26 Å². The summed E-state index contributed by atoms with van der Waals surface area (Å²) in [6.45, 7) is 3.86. The van der Waals surface area contributed by atoms with Gasteiger partial charge in [-0.15, -0.1) is 0 Å². The fraction of sp³-hybridized carbons (Fsp3) is 0.308. The second-order valence-electron chi connectivity index (χ2n) is 3.83. The highest BCUT2D eigenvalue weighted by molar-refractivity contribution is 6.30. The molecule has 0 aliphatic heterocycles. The molecule has 0 saturated carbocycles. The summed E-state index contributed by atoms with van der Waals surface area (Å²) >= 11 is 5.83. The molecular weight excluding hydrogens is 236 g/mol. The van der Waals surface area contributed by atoms with E-state index in [2.05, 4.69) is 17.2 Å². The van der Waals surface area contributed by atoms with E-state index in [9.17, 15) is 0 Å². The molecule has 0 unspecified atom stereocenters. The van der Waals surface area contributed by atoms with Crippen molar-refractivity contribution in [3.63, 3.8) is 0 Å². The minimum atomic E-state index is 0.634. The van der Waals surface area contributed by atoms with Gasteiger partial charge in [0, 0.05) is 17.1 Å². The minimum absolute atomic E-state index is 0.634. The zero-order chi connectivity index (χ0) is 12.1. The number of oxazole rings is 1. The van der Waals surface area contributed by atoms with E-state index < -0.39 is 0 Å². The first-order chi connectivity index (χ1) is 8.29. The van der Waals surface area contributed by atoms with E-state index in [0.29, 0.717) is 10.9 Å². The Bertz CT molecular complexity index is 465. The van der Waals surface area contributed by atoms with Crippen LogP contribution in [0.4, 0.5) is 0 Å². The predicted octanol–water partition coefficient (Wildman–Crippen LogP) is 3.49. The summed E-state index contributed by atoms with van der Waals surface area (Å²) in [6, 6.07) is 7.46. The molecule has 0 aliphatic carbocycles. The van der Waals surface area contributed by atoms with Gasteiger partial charge in [-0.2, -0.15) is 0 Å². The Morgan fingerprint density at radius 3 is 2.76 bits per heavy atom. The first kappa shape index (κ1) is 12.1. The van der Waals surface area contributed by atoms with Crippen molar-refractivity contribution in [3.8, 4) is 11.5 Å². The fourth-order valence-corrected chi connectivity index (χ4v) is 1.63. The normalized spacial score (nSPS) is 10.7. The minimum Gasteiger partial charge on any atom is -0.444 e. The van der Waals surface area contributed by atoms with Crippen molar-refractivity contribution in [3.05, 3.63) is 41.2 Å². The quantitative estimate of drug-likeness (QED) is 0.826. The monoisotopic (exact) mass is 250 g/mol. The molecule has 90 valence electrons. The van der Waals surface area contributed by atoms with Crippen molar-refractivity contribution >= 4 is 11.6 Å². The van der Waals surface area contributed by atoms with E-state index in [4.69, 9.17) is 16.0 Å². The topological polar surface area (TPSA) is 38.1 Å². The molecule has 1 aromatic heterocycles. The number of hydrogen-bond acceptors (Lipinski definition) is 3. The maximum atomic E-state index is 5.83. The summed E-state index contributed by atoms with van der Waals surface area (Å²) < 4.78 is 5.43. The van der Waals surface area contributed by atoms with Gasteiger partial charge in [0.2, 0.25) is 5.89 Å². The molecule has 0 atom stereocenters. The molecule has 0 aliphatic rings. The van der Waals surface area contributed by atoms with Crippen LogP contribution in [-0.2, 0) is 6.54 Å². The van der Waals surface area contributed by atoms with Crippen LogP contribution < -0.4 is 5.32 Å². The van der Waals surface area contributed by atoms with Crippen LogP contribution in [-0.4, -0.2) is 11.5 Å². The van der Waals surface area contributed by atoms with Gasteiger partial charge in [-0.3, -0.25) is 0 Å². The van der Waals surface area contributed by atoms with E-state index in [1.807, 2.05) is 24.3 Å². The van der Waals surface area contributed by atoms with Crippen molar-refractivity contribution in [1.82, 2.24) is 10.3 Å². The molecule has 0 fully saturated rings. The smallest absolute Gasteiger partial charge is 0.226 e. The SMILES string of the molecule is CCCNCc1coc(-c2ccc(Cl)cc2)n1. The van der Waals surface area contributed by atoms with Crippen LogP contribution in [0.1, 0.15) is 19.0 Å². The Hall–Kier alpha value is -1.32. The van der Waals surface area contributed by atoms with Crippen LogP contribution in [0.3, 0.4) is 0 Å². The molecule has 1 heterocycles. The number of halogens is 1. The molecule has 0 amide bonds. The number of aromatic nitrogens is 1. The third kappa shape index (κ3) is 3.32. The van der Waals surface area contributed by atoms with E-state index in [0.717, 1.165) is 30.8 Å². The zero-order valence-electron chi connectivity index (χ0n) is 9.74. The maximum Gasteiger partial charge on any atom is 0.226 e. The lowest BCUT2D eigenvalue weighted by atomic mass is 10.2. The third-order valence-corrected chi connectivity index (χ3v) is 2.63. The highest BCUT2D eigenvalue weighted by Gasteiger charge is 2.05. The van der Waals surface area contributed by atoms with Gasteiger partial charge in [0.05, 0.1) is 5.69 Å². The van der Waals surface area contributed by atoms with Gasteiger partial charge in [-0.1, -0.05) is 18.5 Å². The summed E-state index contributed by atoms with van der Waals surface area (Å²) in [5.41, 5.74) is 1.86. The average molecular weight is 251 g/mol. The van der Waals surface area contributed by atoms with Crippen molar-refractivity contribution in [2.45, 2.75) is 19.9 Å². The Morgan fingerprint density at radius 1 is 1.29 bits per heavy atom. The van der Waals surface area contributed by atoms with E-state index >= 15 is 0 Å². The largest absolute Gasteiger partial charge is 0.444 e. The van der Waals surface area contributed by atoms with Gasteiger partial charge in [0.25, 0.3) is 0 Å². The lowest BCUT2D eigenvalue weighted by molar-refractivity contribution is 0.570. The summed E-state index contributed by atoms with van der Waals surface area (Å²) in [6.07, 6.45) is 2.80. The van der Waals surface area contributed by atoms with Crippen molar-refractivity contribution in [2.75, 3.05) is 6.54 Å². The Balaban J connectivity index is 2.04. The van der Waals surface area contributed by atoms with E-state index in [-0.39, 0.29) is 0 Å². The molecule has 17 heavy (non-hydrogen) atoms. The van der Waals surface area contributed by atoms with Crippen molar-refractivity contribution in [1.29, 1.82) is 0 Å². The molecule has 2 aromatic rings. The van der Waals surface area contributed by atoms with Crippen molar-refractivity contribution in [2.24, 2.45) is 0 Å². The van der Waals surface area contributed by atoms with Gasteiger partial charge in [-0.25, -0.2) is 4.98 Å². The van der Waals surface area contributed by atoms with Gasteiger partial charge in [0.1, 0.15) is 6.26 Å². The lowest BCUT2D eigenvalue weighted by Crippen LogP contribution is -2.13. The van der Waals surface area contributed by atoms with Crippen LogP contribution >= 0.6 is 11.6 Å². The number of nitrogens with zero attached hydrogens (tertiary/aromatic N) is 1. The molecular formula is C13H15ClN2O. The molecule has 4 heteroatoms. The lowest BCUT2D eigenvalue weighted by Gasteiger charge is -1.97. The second-order valence-corrected chi connectivity index (χ2v) is 4.26. The van der Waals surface area contributed by atoms with Crippen molar-refractivity contribution < 1.29 is 4.42 Å². The number of rotatable bonds is 5. The molecule has 0 bridgehead atoms.